The third-order valence-electron chi connectivity index (χ3n) is 3.43. The second-order valence-corrected chi connectivity index (χ2v) is 7.09. The standard InChI is InChI=1S/C13H27NOS/c1-6-15-13(4,5)10-14-11-9-16-8-7-12(11,2)3/h11,14H,6-10H2,1-5H3. The van der Waals surface area contributed by atoms with Gasteiger partial charge in [0, 0.05) is 24.9 Å². The molecule has 1 saturated heterocycles. The Kier molecular flexibility index (Phi) is 5.14. The first-order valence-electron chi connectivity index (χ1n) is 6.32. The molecular formula is C13H27NOS. The molecule has 1 N–H and O–H groups in total. The average Bonchev–Trinajstić information content (AvgIpc) is 2.15. The van der Waals surface area contributed by atoms with Crippen LogP contribution in [0.5, 0.6) is 0 Å². The van der Waals surface area contributed by atoms with Gasteiger partial charge in [0.25, 0.3) is 0 Å². The summed E-state index contributed by atoms with van der Waals surface area (Å²) in [6, 6.07) is 0.617. The topological polar surface area (TPSA) is 21.3 Å². The third-order valence-corrected chi connectivity index (χ3v) is 4.49. The zero-order valence-corrected chi connectivity index (χ0v) is 12.2. The molecule has 0 amide bonds. The molecule has 0 aromatic heterocycles. The molecule has 1 aliphatic heterocycles. The minimum absolute atomic E-state index is 0.0487. The lowest BCUT2D eigenvalue weighted by molar-refractivity contribution is -0.0129. The summed E-state index contributed by atoms with van der Waals surface area (Å²) in [6.07, 6.45) is 1.31. The Morgan fingerprint density at radius 1 is 1.44 bits per heavy atom. The van der Waals surface area contributed by atoms with E-state index in [2.05, 4.69) is 51.7 Å². The van der Waals surface area contributed by atoms with Crippen LogP contribution in [0.1, 0.15) is 41.0 Å². The van der Waals surface area contributed by atoms with Crippen LogP contribution >= 0.6 is 11.8 Å². The quantitative estimate of drug-likeness (QED) is 0.805. The number of hydrogen-bond donors (Lipinski definition) is 1. The van der Waals surface area contributed by atoms with Crippen molar-refractivity contribution in [2.45, 2.75) is 52.7 Å². The Morgan fingerprint density at radius 2 is 2.12 bits per heavy atom. The fraction of sp³-hybridized carbons (Fsp3) is 1.00. The lowest BCUT2D eigenvalue weighted by Crippen LogP contribution is -2.51. The van der Waals surface area contributed by atoms with Crippen molar-refractivity contribution in [3.05, 3.63) is 0 Å². The lowest BCUT2D eigenvalue weighted by Gasteiger charge is -2.40. The first-order chi connectivity index (χ1) is 7.37. The van der Waals surface area contributed by atoms with Crippen LogP contribution in [0.3, 0.4) is 0 Å². The smallest absolute Gasteiger partial charge is 0.0750 e. The van der Waals surface area contributed by atoms with E-state index in [1.54, 1.807) is 0 Å². The van der Waals surface area contributed by atoms with Crippen LogP contribution < -0.4 is 5.32 Å². The van der Waals surface area contributed by atoms with Crippen LogP contribution in [0, 0.1) is 5.41 Å². The van der Waals surface area contributed by atoms with Crippen molar-refractivity contribution in [1.29, 1.82) is 0 Å². The molecule has 1 rings (SSSR count). The molecule has 16 heavy (non-hydrogen) atoms. The fourth-order valence-electron chi connectivity index (χ4n) is 2.08. The van der Waals surface area contributed by atoms with Crippen LogP contribution in [0.4, 0.5) is 0 Å². The van der Waals surface area contributed by atoms with Gasteiger partial charge in [-0.3, -0.25) is 0 Å². The van der Waals surface area contributed by atoms with E-state index in [0.29, 0.717) is 11.5 Å². The first kappa shape index (κ1) is 14.3. The van der Waals surface area contributed by atoms with Crippen LogP contribution in [-0.2, 0) is 4.74 Å². The second-order valence-electron chi connectivity index (χ2n) is 5.94. The molecule has 1 unspecified atom stereocenters. The molecule has 2 nitrogen and oxygen atoms in total. The summed E-state index contributed by atoms with van der Waals surface area (Å²) >= 11 is 2.07. The predicted molar refractivity (Wildman–Crippen MR) is 73.2 cm³/mol. The summed E-state index contributed by atoms with van der Waals surface area (Å²) in [5.41, 5.74) is 0.375. The van der Waals surface area contributed by atoms with Crippen molar-refractivity contribution in [3.8, 4) is 0 Å². The first-order valence-corrected chi connectivity index (χ1v) is 7.48. The highest BCUT2D eigenvalue weighted by atomic mass is 32.2. The van der Waals surface area contributed by atoms with Crippen molar-refractivity contribution in [2.24, 2.45) is 5.41 Å². The highest BCUT2D eigenvalue weighted by molar-refractivity contribution is 7.99. The zero-order chi connectivity index (χ0) is 12.2. The summed E-state index contributed by atoms with van der Waals surface area (Å²) in [4.78, 5) is 0. The molecule has 0 saturated carbocycles. The Balaban J connectivity index is 2.41. The van der Waals surface area contributed by atoms with Gasteiger partial charge in [0.15, 0.2) is 0 Å². The zero-order valence-electron chi connectivity index (χ0n) is 11.4. The summed E-state index contributed by atoms with van der Waals surface area (Å²) < 4.78 is 5.72. The molecule has 1 atom stereocenters. The van der Waals surface area contributed by atoms with Crippen LogP contribution in [0.25, 0.3) is 0 Å². The van der Waals surface area contributed by atoms with E-state index in [-0.39, 0.29) is 5.60 Å². The van der Waals surface area contributed by atoms with Crippen molar-refractivity contribution >= 4 is 11.8 Å². The summed E-state index contributed by atoms with van der Waals surface area (Å²) in [6.45, 7) is 12.9. The number of thioether (sulfide) groups is 1. The molecule has 1 heterocycles. The van der Waals surface area contributed by atoms with Gasteiger partial charge < -0.3 is 10.1 Å². The maximum absolute atomic E-state index is 5.72. The highest BCUT2D eigenvalue weighted by Gasteiger charge is 2.33. The Morgan fingerprint density at radius 3 is 2.69 bits per heavy atom. The molecule has 0 aliphatic carbocycles. The maximum atomic E-state index is 5.72. The predicted octanol–water partition coefficient (Wildman–Crippen LogP) is 2.92. The molecule has 0 aromatic rings. The van der Waals surface area contributed by atoms with Gasteiger partial charge >= 0.3 is 0 Å². The van der Waals surface area contributed by atoms with E-state index in [4.69, 9.17) is 4.74 Å². The summed E-state index contributed by atoms with van der Waals surface area (Å²) in [7, 11) is 0. The molecule has 3 heteroatoms. The third kappa shape index (κ3) is 4.27. The average molecular weight is 245 g/mol. The van der Waals surface area contributed by atoms with Gasteiger partial charge in [-0.2, -0.15) is 11.8 Å². The van der Waals surface area contributed by atoms with E-state index < -0.39 is 0 Å². The number of hydrogen-bond acceptors (Lipinski definition) is 3. The minimum atomic E-state index is -0.0487. The van der Waals surface area contributed by atoms with E-state index in [1.165, 1.54) is 17.9 Å². The molecule has 1 fully saturated rings. The van der Waals surface area contributed by atoms with Crippen molar-refractivity contribution in [2.75, 3.05) is 24.7 Å². The molecule has 0 bridgehead atoms. The Bertz CT molecular complexity index is 216. The number of rotatable bonds is 5. The van der Waals surface area contributed by atoms with Crippen LogP contribution in [-0.4, -0.2) is 36.3 Å². The normalized spacial score (nSPS) is 25.7. The second kappa shape index (κ2) is 5.74. The molecular weight excluding hydrogens is 218 g/mol. The molecule has 0 spiro atoms. The van der Waals surface area contributed by atoms with Crippen molar-refractivity contribution < 1.29 is 4.74 Å². The van der Waals surface area contributed by atoms with Gasteiger partial charge in [0.05, 0.1) is 5.60 Å². The van der Waals surface area contributed by atoms with E-state index >= 15 is 0 Å². The van der Waals surface area contributed by atoms with E-state index in [0.717, 1.165) is 13.2 Å². The molecule has 1 aliphatic rings. The molecule has 96 valence electrons. The summed E-state index contributed by atoms with van der Waals surface area (Å²) in [5.74, 6) is 2.54. The molecule has 0 aromatic carbocycles. The van der Waals surface area contributed by atoms with Gasteiger partial charge in [0.2, 0.25) is 0 Å². The number of ether oxygens (including phenoxy) is 1. The monoisotopic (exact) mass is 245 g/mol. The Hall–Kier alpha value is 0.270. The van der Waals surface area contributed by atoms with Crippen molar-refractivity contribution in [1.82, 2.24) is 5.32 Å². The van der Waals surface area contributed by atoms with Crippen molar-refractivity contribution in [3.63, 3.8) is 0 Å². The summed E-state index contributed by atoms with van der Waals surface area (Å²) in [5, 5.41) is 3.69. The van der Waals surface area contributed by atoms with Crippen LogP contribution in [0.2, 0.25) is 0 Å². The van der Waals surface area contributed by atoms with Gasteiger partial charge in [-0.05, 0) is 38.4 Å². The SMILES string of the molecule is CCOC(C)(C)CNC1CSCCC1(C)C. The highest BCUT2D eigenvalue weighted by Crippen LogP contribution is 2.34. The van der Waals surface area contributed by atoms with E-state index in [9.17, 15) is 0 Å². The largest absolute Gasteiger partial charge is 0.375 e. The number of nitrogens with one attached hydrogen (secondary N) is 1. The lowest BCUT2D eigenvalue weighted by atomic mass is 9.82. The van der Waals surface area contributed by atoms with Gasteiger partial charge in [-0.25, -0.2) is 0 Å². The fourth-order valence-corrected chi connectivity index (χ4v) is 3.72. The maximum Gasteiger partial charge on any atom is 0.0750 e. The van der Waals surface area contributed by atoms with Gasteiger partial charge in [0.1, 0.15) is 0 Å². The van der Waals surface area contributed by atoms with Crippen LogP contribution in [0.15, 0.2) is 0 Å². The Labute approximate surface area is 105 Å². The molecule has 0 radical (unpaired) electrons. The minimum Gasteiger partial charge on any atom is -0.375 e. The van der Waals surface area contributed by atoms with E-state index in [1.807, 2.05) is 0 Å². The van der Waals surface area contributed by atoms with Gasteiger partial charge in [-0.15, -0.1) is 0 Å². The van der Waals surface area contributed by atoms with Gasteiger partial charge in [-0.1, -0.05) is 13.8 Å².